The lowest BCUT2D eigenvalue weighted by Gasteiger charge is -2.35. The van der Waals surface area contributed by atoms with Crippen molar-refractivity contribution in [3.05, 3.63) is 92.8 Å². The molecule has 0 spiro atoms. The number of hydrogen-bond donors (Lipinski definition) is 1. The first kappa shape index (κ1) is 19.5. The fourth-order valence-electron chi connectivity index (χ4n) is 4.44. The minimum Gasteiger partial charge on any atom is -0.361 e. The topological polar surface area (TPSA) is 52.9 Å². The molecule has 146 valence electrons. The van der Waals surface area contributed by atoms with Gasteiger partial charge in [-0.25, -0.2) is 0 Å². The second-order valence-corrected chi connectivity index (χ2v) is 8.21. The monoisotopic (exact) mass is 402 g/mol. The molecular formula is C25H23ClN2O. The van der Waals surface area contributed by atoms with Crippen LogP contribution in [0.3, 0.4) is 0 Å². The summed E-state index contributed by atoms with van der Waals surface area (Å²) in [6, 6.07) is 18.4. The number of halogens is 1. The molecule has 2 aromatic carbocycles. The Morgan fingerprint density at radius 3 is 2.34 bits per heavy atom. The van der Waals surface area contributed by atoms with Gasteiger partial charge >= 0.3 is 0 Å². The number of carbonyl (C=O) groups excluding carboxylic acids is 1. The number of hydrogen-bond acceptors (Lipinski definition) is 3. The number of Topliss-reactive ketones (excluding diaryl/α,β-unsaturated/α-hetero) is 1. The van der Waals surface area contributed by atoms with Crippen LogP contribution in [0.25, 0.3) is 0 Å². The van der Waals surface area contributed by atoms with Crippen molar-refractivity contribution in [2.75, 3.05) is 0 Å². The predicted octanol–water partition coefficient (Wildman–Crippen LogP) is 5.79. The zero-order chi connectivity index (χ0) is 20.5. The Kier molecular flexibility index (Phi) is 5.30. The summed E-state index contributed by atoms with van der Waals surface area (Å²) in [6.45, 7) is 4.04. The molecule has 1 aliphatic carbocycles. The predicted molar refractivity (Wildman–Crippen MR) is 115 cm³/mol. The molecule has 0 radical (unpaired) electrons. The van der Waals surface area contributed by atoms with Gasteiger partial charge in [-0.15, -0.1) is 0 Å². The van der Waals surface area contributed by atoms with Crippen molar-refractivity contribution in [2.45, 2.75) is 44.9 Å². The number of nitrogens with one attached hydrogen (secondary N) is 1. The number of carbonyl (C=O) groups is 1. The van der Waals surface area contributed by atoms with Crippen molar-refractivity contribution in [1.82, 2.24) is 5.32 Å². The van der Waals surface area contributed by atoms with Crippen LogP contribution in [-0.2, 0) is 11.2 Å². The molecule has 2 atom stereocenters. The summed E-state index contributed by atoms with van der Waals surface area (Å²) >= 11 is 6.02. The maximum Gasteiger partial charge on any atom is 0.162 e. The molecule has 0 aromatic heterocycles. The van der Waals surface area contributed by atoms with Gasteiger partial charge < -0.3 is 5.32 Å². The van der Waals surface area contributed by atoms with E-state index < -0.39 is 0 Å². The molecule has 1 aliphatic heterocycles. The molecule has 0 amide bonds. The van der Waals surface area contributed by atoms with Gasteiger partial charge in [0.25, 0.3) is 0 Å². The number of aryl methyl sites for hydroxylation is 1. The van der Waals surface area contributed by atoms with Crippen LogP contribution in [0.1, 0.15) is 55.2 Å². The van der Waals surface area contributed by atoms with Crippen LogP contribution < -0.4 is 5.32 Å². The first-order valence-electron chi connectivity index (χ1n) is 10.00. The van der Waals surface area contributed by atoms with Crippen molar-refractivity contribution in [3.63, 3.8) is 0 Å². The van der Waals surface area contributed by atoms with Gasteiger partial charge in [0.2, 0.25) is 0 Å². The Labute approximate surface area is 176 Å². The molecule has 2 aliphatic rings. The van der Waals surface area contributed by atoms with Crippen molar-refractivity contribution < 1.29 is 4.79 Å². The minimum absolute atomic E-state index is 0.114. The average Bonchev–Trinajstić information content (AvgIpc) is 2.73. The van der Waals surface area contributed by atoms with Crippen LogP contribution in [0, 0.1) is 11.3 Å². The van der Waals surface area contributed by atoms with Gasteiger partial charge in [-0.3, -0.25) is 4.79 Å². The first-order valence-corrected chi connectivity index (χ1v) is 10.4. The summed E-state index contributed by atoms with van der Waals surface area (Å²) in [6.07, 6.45) is 2.16. The molecular weight excluding hydrogens is 380 g/mol. The minimum atomic E-state index is -0.291. The number of allylic oxidation sites excluding steroid dienone is 4. The second kappa shape index (κ2) is 7.89. The highest BCUT2D eigenvalue weighted by molar-refractivity contribution is 6.30. The summed E-state index contributed by atoms with van der Waals surface area (Å²) in [5.74, 6) is -0.0603. The van der Waals surface area contributed by atoms with Crippen molar-refractivity contribution in [3.8, 4) is 6.07 Å². The SMILES string of the molecule is CCc1ccc([C@@H]2C(C#N)=C(C)NC3=C2C(=O)C[C@H](c2ccc(Cl)cc2)C3)cc1. The largest absolute Gasteiger partial charge is 0.361 e. The Morgan fingerprint density at radius 2 is 1.72 bits per heavy atom. The van der Waals surface area contributed by atoms with Crippen molar-refractivity contribution in [2.24, 2.45) is 0 Å². The smallest absolute Gasteiger partial charge is 0.162 e. The van der Waals surface area contributed by atoms with Crippen LogP contribution in [-0.4, -0.2) is 5.78 Å². The zero-order valence-corrected chi connectivity index (χ0v) is 17.4. The third kappa shape index (κ3) is 3.61. The van der Waals surface area contributed by atoms with E-state index in [1.54, 1.807) is 0 Å². The van der Waals surface area contributed by atoms with Gasteiger partial charge in [0.1, 0.15) is 0 Å². The highest BCUT2D eigenvalue weighted by Crippen LogP contribution is 2.45. The highest BCUT2D eigenvalue weighted by Gasteiger charge is 2.38. The summed E-state index contributed by atoms with van der Waals surface area (Å²) in [5.41, 5.74) is 6.53. The zero-order valence-electron chi connectivity index (χ0n) is 16.6. The molecule has 0 fully saturated rings. The summed E-state index contributed by atoms with van der Waals surface area (Å²) in [7, 11) is 0. The molecule has 0 unspecified atom stereocenters. The number of dihydropyridines is 1. The fraction of sp³-hybridized carbons (Fsp3) is 0.280. The Bertz CT molecular complexity index is 1060. The third-order valence-corrected chi connectivity index (χ3v) is 6.26. The Balaban J connectivity index is 1.75. The van der Waals surface area contributed by atoms with Crippen molar-refractivity contribution >= 4 is 17.4 Å². The number of nitriles is 1. The molecule has 2 aromatic rings. The molecule has 3 nitrogen and oxygen atoms in total. The van der Waals surface area contributed by atoms with Crippen LogP contribution in [0.5, 0.6) is 0 Å². The second-order valence-electron chi connectivity index (χ2n) is 7.78. The Hall–Kier alpha value is -2.83. The molecule has 1 N–H and O–H groups in total. The normalized spacial score (nSPS) is 21.5. The average molecular weight is 403 g/mol. The summed E-state index contributed by atoms with van der Waals surface area (Å²) in [5, 5.41) is 13.9. The molecule has 4 heteroatoms. The molecule has 0 bridgehead atoms. The summed E-state index contributed by atoms with van der Waals surface area (Å²) < 4.78 is 0. The number of ketones is 1. The maximum atomic E-state index is 13.3. The molecule has 0 saturated heterocycles. The highest BCUT2D eigenvalue weighted by atomic mass is 35.5. The fourth-order valence-corrected chi connectivity index (χ4v) is 4.56. The van der Waals surface area contributed by atoms with Crippen LogP contribution in [0.15, 0.2) is 71.1 Å². The molecule has 29 heavy (non-hydrogen) atoms. The van der Waals surface area contributed by atoms with E-state index in [4.69, 9.17) is 11.6 Å². The van der Waals surface area contributed by atoms with E-state index >= 15 is 0 Å². The number of nitrogens with zero attached hydrogens (tertiary/aromatic N) is 1. The number of rotatable bonds is 3. The van der Waals surface area contributed by atoms with Gasteiger partial charge in [0, 0.05) is 28.4 Å². The van der Waals surface area contributed by atoms with Crippen LogP contribution in [0.2, 0.25) is 5.02 Å². The van der Waals surface area contributed by atoms with E-state index in [-0.39, 0.29) is 17.6 Å². The molecule has 4 rings (SSSR count). The van der Waals surface area contributed by atoms with E-state index in [0.717, 1.165) is 40.9 Å². The lowest BCUT2D eigenvalue weighted by Crippen LogP contribution is -2.33. The van der Waals surface area contributed by atoms with E-state index in [0.29, 0.717) is 17.0 Å². The van der Waals surface area contributed by atoms with E-state index in [2.05, 4.69) is 42.6 Å². The van der Waals surface area contributed by atoms with Crippen molar-refractivity contribution in [1.29, 1.82) is 5.26 Å². The van der Waals surface area contributed by atoms with E-state index in [9.17, 15) is 10.1 Å². The van der Waals surface area contributed by atoms with E-state index in [1.807, 2.05) is 31.2 Å². The molecule has 0 saturated carbocycles. The van der Waals surface area contributed by atoms with Gasteiger partial charge in [-0.1, -0.05) is 54.9 Å². The molecule has 1 heterocycles. The van der Waals surface area contributed by atoms with Crippen LogP contribution >= 0.6 is 11.6 Å². The van der Waals surface area contributed by atoms with Gasteiger partial charge in [0.05, 0.1) is 17.6 Å². The summed E-state index contributed by atoms with van der Waals surface area (Å²) in [4.78, 5) is 13.3. The van der Waals surface area contributed by atoms with Gasteiger partial charge in [-0.05, 0) is 54.5 Å². The first-order chi connectivity index (χ1) is 14.0. The standard InChI is InChI=1S/C25H23ClN2O/c1-3-16-4-6-18(7-5-16)24-21(14-27)15(2)28-22-12-19(13-23(29)25(22)24)17-8-10-20(26)11-9-17/h4-11,19,24,28H,3,12-13H2,1-2H3/t19-,24-/m1/s1. The van der Waals surface area contributed by atoms with E-state index in [1.165, 1.54) is 5.56 Å². The quantitative estimate of drug-likeness (QED) is 0.707. The maximum absolute atomic E-state index is 13.3. The third-order valence-electron chi connectivity index (χ3n) is 6.01. The van der Waals surface area contributed by atoms with Gasteiger partial charge in [0.15, 0.2) is 5.78 Å². The van der Waals surface area contributed by atoms with Gasteiger partial charge in [-0.2, -0.15) is 5.26 Å². The number of benzene rings is 2. The Morgan fingerprint density at radius 1 is 1.07 bits per heavy atom. The lowest BCUT2D eigenvalue weighted by molar-refractivity contribution is -0.116. The van der Waals surface area contributed by atoms with Crippen LogP contribution in [0.4, 0.5) is 0 Å². The lowest BCUT2D eigenvalue weighted by atomic mass is 9.72.